The molecule has 3 heteroatoms. The zero-order chi connectivity index (χ0) is 12.4. The Morgan fingerprint density at radius 1 is 1.35 bits per heavy atom. The van der Waals surface area contributed by atoms with Crippen LogP contribution in [0.15, 0.2) is 12.1 Å². The first kappa shape index (κ1) is 13.2. The van der Waals surface area contributed by atoms with Gasteiger partial charge in [0.1, 0.15) is 5.75 Å². The Hall–Kier alpha value is -0.210. The smallest absolute Gasteiger partial charge is 0.127 e. The topological polar surface area (TPSA) is 9.23 Å². The zero-order valence-electron chi connectivity index (χ0n) is 10.3. The molecule has 1 aromatic rings. The van der Waals surface area contributed by atoms with Crippen LogP contribution >= 0.6 is 27.5 Å². The van der Waals surface area contributed by atoms with E-state index in [0.717, 1.165) is 36.6 Å². The molecule has 1 aliphatic heterocycles. The van der Waals surface area contributed by atoms with Crippen LogP contribution in [0.1, 0.15) is 42.6 Å². The lowest BCUT2D eigenvalue weighted by atomic mass is 9.93. The molecule has 1 aromatic carbocycles. The normalized spacial score (nSPS) is 15.8. The Bertz CT molecular complexity index is 401. The number of hydrogen-bond acceptors (Lipinski definition) is 1. The van der Waals surface area contributed by atoms with Crippen molar-refractivity contribution in [2.45, 2.75) is 37.9 Å². The number of fused-ring (bicyclic) bond motifs is 1. The van der Waals surface area contributed by atoms with Crippen molar-refractivity contribution in [3.05, 3.63) is 28.3 Å². The molecule has 0 bridgehead atoms. The van der Waals surface area contributed by atoms with E-state index >= 15 is 0 Å². The maximum absolute atomic E-state index is 6.19. The van der Waals surface area contributed by atoms with Crippen molar-refractivity contribution in [3.8, 4) is 5.75 Å². The number of halogens is 2. The van der Waals surface area contributed by atoms with Crippen molar-refractivity contribution in [2.24, 2.45) is 5.92 Å². The van der Waals surface area contributed by atoms with Crippen LogP contribution in [0.2, 0.25) is 5.02 Å². The van der Waals surface area contributed by atoms with Gasteiger partial charge in [-0.1, -0.05) is 54.2 Å². The van der Waals surface area contributed by atoms with E-state index in [2.05, 4.69) is 29.8 Å². The molecule has 0 spiro atoms. The van der Waals surface area contributed by atoms with Gasteiger partial charge in [0, 0.05) is 21.8 Å². The molecule has 1 unspecified atom stereocenters. The molecule has 0 N–H and O–H groups in total. The summed E-state index contributed by atoms with van der Waals surface area (Å²) < 4.78 is 5.76. The molecule has 17 heavy (non-hydrogen) atoms. The van der Waals surface area contributed by atoms with Crippen molar-refractivity contribution in [1.29, 1.82) is 0 Å². The van der Waals surface area contributed by atoms with Crippen LogP contribution in [0.3, 0.4) is 0 Å². The maximum Gasteiger partial charge on any atom is 0.127 e. The standard InChI is InChI=1S/C14H18BrClO/c1-3-9(4-2)13(15)12-8-11(16)7-10-5-6-17-14(10)12/h7-9,13H,3-6H2,1-2H3. The molecule has 0 saturated heterocycles. The molecule has 0 saturated carbocycles. The average Bonchev–Trinajstić information content (AvgIpc) is 2.77. The maximum atomic E-state index is 6.19. The minimum absolute atomic E-state index is 0.336. The Kier molecular flexibility index (Phi) is 4.37. The van der Waals surface area contributed by atoms with Crippen molar-refractivity contribution in [3.63, 3.8) is 0 Å². The lowest BCUT2D eigenvalue weighted by Crippen LogP contribution is -2.07. The van der Waals surface area contributed by atoms with E-state index in [4.69, 9.17) is 16.3 Å². The van der Waals surface area contributed by atoms with Gasteiger partial charge in [0.25, 0.3) is 0 Å². The summed E-state index contributed by atoms with van der Waals surface area (Å²) in [6.45, 7) is 5.24. The van der Waals surface area contributed by atoms with Crippen LogP contribution in [0, 0.1) is 5.92 Å². The van der Waals surface area contributed by atoms with E-state index in [-0.39, 0.29) is 0 Å². The molecule has 1 atom stereocenters. The van der Waals surface area contributed by atoms with E-state index < -0.39 is 0 Å². The van der Waals surface area contributed by atoms with Gasteiger partial charge in [-0.2, -0.15) is 0 Å². The Morgan fingerprint density at radius 3 is 2.71 bits per heavy atom. The van der Waals surface area contributed by atoms with Crippen LogP contribution in [0.5, 0.6) is 5.75 Å². The second-order valence-electron chi connectivity index (χ2n) is 4.56. The molecule has 1 nitrogen and oxygen atoms in total. The van der Waals surface area contributed by atoms with Crippen LogP contribution in [0.25, 0.3) is 0 Å². The molecule has 0 fully saturated rings. The van der Waals surface area contributed by atoms with Gasteiger partial charge in [0.05, 0.1) is 6.61 Å². The van der Waals surface area contributed by atoms with Gasteiger partial charge >= 0.3 is 0 Å². The van der Waals surface area contributed by atoms with Crippen LogP contribution in [-0.2, 0) is 6.42 Å². The van der Waals surface area contributed by atoms with Crippen molar-refractivity contribution < 1.29 is 4.74 Å². The SMILES string of the molecule is CCC(CC)C(Br)c1cc(Cl)cc2c1OCC2. The highest BCUT2D eigenvalue weighted by Gasteiger charge is 2.25. The Labute approximate surface area is 117 Å². The van der Waals surface area contributed by atoms with Gasteiger partial charge in [-0.3, -0.25) is 0 Å². The zero-order valence-corrected chi connectivity index (χ0v) is 12.6. The van der Waals surface area contributed by atoms with Gasteiger partial charge in [0.15, 0.2) is 0 Å². The van der Waals surface area contributed by atoms with E-state index in [1.54, 1.807) is 0 Å². The molecule has 1 heterocycles. The first-order chi connectivity index (χ1) is 8.17. The summed E-state index contributed by atoms with van der Waals surface area (Å²) in [6, 6.07) is 4.07. The number of ether oxygens (including phenoxy) is 1. The molecule has 0 radical (unpaired) electrons. The number of hydrogen-bond donors (Lipinski definition) is 0. The molecular formula is C14H18BrClO. The van der Waals surface area contributed by atoms with Crippen molar-refractivity contribution >= 4 is 27.5 Å². The van der Waals surface area contributed by atoms with Gasteiger partial charge in [-0.25, -0.2) is 0 Å². The summed E-state index contributed by atoms with van der Waals surface area (Å²) in [5, 5.41) is 0.819. The van der Waals surface area contributed by atoms with Gasteiger partial charge < -0.3 is 4.74 Å². The molecule has 94 valence electrons. The molecule has 0 amide bonds. The Morgan fingerprint density at radius 2 is 2.06 bits per heavy atom. The van der Waals surface area contributed by atoms with Crippen molar-refractivity contribution in [1.82, 2.24) is 0 Å². The van der Waals surface area contributed by atoms with E-state index in [1.165, 1.54) is 11.1 Å². The summed E-state index contributed by atoms with van der Waals surface area (Å²) in [7, 11) is 0. The Balaban J connectivity index is 2.38. The number of alkyl halides is 1. The van der Waals surface area contributed by atoms with Gasteiger partial charge in [0.2, 0.25) is 0 Å². The minimum atomic E-state index is 0.336. The summed E-state index contributed by atoms with van der Waals surface area (Å²) in [5.41, 5.74) is 2.47. The van der Waals surface area contributed by atoms with E-state index in [9.17, 15) is 0 Å². The largest absolute Gasteiger partial charge is 0.493 e. The highest BCUT2D eigenvalue weighted by molar-refractivity contribution is 9.09. The van der Waals surface area contributed by atoms with Gasteiger partial charge in [-0.15, -0.1) is 0 Å². The minimum Gasteiger partial charge on any atom is -0.493 e. The summed E-state index contributed by atoms with van der Waals surface area (Å²) in [4.78, 5) is 0.336. The first-order valence-corrected chi connectivity index (χ1v) is 7.55. The lowest BCUT2D eigenvalue weighted by Gasteiger charge is -2.22. The predicted molar refractivity (Wildman–Crippen MR) is 76.4 cm³/mol. The molecule has 0 aromatic heterocycles. The summed E-state index contributed by atoms with van der Waals surface area (Å²) in [6.07, 6.45) is 3.30. The average molecular weight is 318 g/mol. The molecule has 2 rings (SSSR count). The number of rotatable bonds is 4. The third kappa shape index (κ3) is 2.63. The quantitative estimate of drug-likeness (QED) is 0.698. The predicted octanol–water partition coefficient (Wildman–Crippen LogP) is 5.15. The fourth-order valence-electron chi connectivity index (χ4n) is 2.46. The fraction of sp³-hybridized carbons (Fsp3) is 0.571. The van der Waals surface area contributed by atoms with Crippen LogP contribution in [0.4, 0.5) is 0 Å². The summed E-state index contributed by atoms with van der Waals surface area (Å²) in [5.74, 6) is 1.69. The summed E-state index contributed by atoms with van der Waals surface area (Å²) >= 11 is 10.0. The van der Waals surface area contributed by atoms with Gasteiger partial charge in [-0.05, 0) is 23.6 Å². The second-order valence-corrected chi connectivity index (χ2v) is 5.98. The molecule has 1 aliphatic rings. The highest BCUT2D eigenvalue weighted by atomic mass is 79.9. The highest BCUT2D eigenvalue weighted by Crippen LogP contribution is 2.44. The third-order valence-corrected chi connectivity index (χ3v) is 5.00. The molecule has 0 aliphatic carbocycles. The third-order valence-electron chi connectivity index (χ3n) is 3.54. The van der Waals surface area contributed by atoms with E-state index in [0.29, 0.717) is 10.7 Å². The van der Waals surface area contributed by atoms with Crippen molar-refractivity contribution in [2.75, 3.05) is 6.61 Å². The van der Waals surface area contributed by atoms with E-state index in [1.807, 2.05) is 12.1 Å². The van der Waals surface area contributed by atoms with Crippen LogP contribution in [-0.4, -0.2) is 6.61 Å². The fourth-order valence-corrected chi connectivity index (χ4v) is 3.80. The second kappa shape index (κ2) is 5.62. The lowest BCUT2D eigenvalue weighted by molar-refractivity contribution is 0.349. The monoisotopic (exact) mass is 316 g/mol. The molecular weight excluding hydrogens is 300 g/mol. The first-order valence-electron chi connectivity index (χ1n) is 6.26. The number of benzene rings is 1. The van der Waals surface area contributed by atoms with Crippen LogP contribution < -0.4 is 4.74 Å².